The van der Waals surface area contributed by atoms with E-state index in [1.165, 1.54) is 16.9 Å². The molecule has 1 aromatic carbocycles. The summed E-state index contributed by atoms with van der Waals surface area (Å²) in [7, 11) is 0. The molecule has 1 atom stereocenters. The number of rotatable bonds is 8. The second-order valence-electron chi connectivity index (χ2n) is 8.08. The summed E-state index contributed by atoms with van der Waals surface area (Å²) in [4.78, 5) is 4.64. The molecule has 0 spiro atoms. The van der Waals surface area contributed by atoms with Crippen LogP contribution in [0, 0.1) is 26.7 Å². The van der Waals surface area contributed by atoms with Crippen molar-refractivity contribution in [2.24, 2.45) is 5.92 Å². The molecule has 0 radical (unpaired) electrons. The minimum absolute atomic E-state index is 0.0552. The van der Waals surface area contributed by atoms with Crippen LogP contribution in [0.4, 0.5) is 0 Å². The molecule has 2 heterocycles. The van der Waals surface area contributed by atoms with E-state index in [4.69, 9.17) is 9.84 Å². The molecule has 2 N–H and O–H groups in total. The highest BCUT2D eigenvalue weighted by molar-refractivity contribution is 7.17. The Morgan fingerprint density at radius 3 is 2.13 bits per heavy atom. The Morgan fingerprint density at radius 2 is 1.57 bits per heavy atom. The quantitative estimate of drug-likeness (QED) is 0.562. The van der Waals surface area contributed by atoms with Crippen molar-refractivity contribution in [2.75, 3.05) is 13.2 Å². The van der Waals surface area contributed by atoms with E-state index in [1.54, 1.807) is 0 Å². The molecule has 0 amide bonds. The van der Waals surface area contributed by atoms with Crippen molar-refractivity contribution in [2.45, 2.75) is 47.1 Å². The maximum atomic E-state index is 9.53. The number of pyridine rings is 1. The van der Waals surface area contributed by atoms with Gasteiger partial charge in [0.25, 0.3) is 0 Å². The SMILES string of the molecule is Cc1cc(-c2nnc(-c3cc(C)c(OCC(O)CO)c(C)c3)s2)cnc1CC(C)C. The summed E-state index contributed by atoms with van der Waals surface area (Å²) >= 11 is 1.54. The fourth-order valence-electron chi connectivity index (χ4n) is 3.31. The molecule has 0 aliphatic heterocycles. The van der Waals surface area contributed by atoms with Gasteiger partial charge in [-0.3, -0.25) is 4.98 Å². The van der Waals surface area contributed by atoms with Crippen LogP contribution in [0.25, 0.3) is 21.1 Å². The first kappa shape index (κ1) is 22.3. The molecule has 6 nitrogen and oxygen atoms in total. The number of ether oxygens (including phenoxy) is 1. The highest BCUT2D eigenvalue weighted by Crippen LogP contribution is 2.34. The lowest BCUT2D eigenvalue weighted by molar-refractivity contribution is 0.0532. The van der Waals surface area contributed by atoms with Crippen LogP contribution in [0.1, 0.15) is 36.2 Å². The number of benzene rings is 1. The summed E-state index contributed by atoms with van der Waals surface area (Å²) in [5, 5.41) is 28.9. The van der Waals surface area contributed by atoms with Crippen molar-refractivity contribution in [1.82, 2.24) is 15.2 Å². The smallest absolute Gasteiger partial charge is 0.149 e. The summed E-state index contributed by atoms with van der Waals surface area (Å²) in [5.74, 6) is 1.29. The third kappa shape index (κ3) is 5.22. The van der Waals surface area contributed by atoms with Crippen LogP contribution in [0.15, 0.2) is 24.4 Å². The standard InChI is InChI=1S/C23H29N3O3S/c1-13(2)6-20-14(3)7-18(10-24-20)23-26-25-22(30-23)17-8-15(4)21(16(5)9-17)29-12-19(28)11-27/h7-10,13,19,27-28H,6,11-12H2,1-5H3. The van der Waals surface area contributed by atoms with Gasteiger partial charge in [-0.25, -0.2) is 0 Å². The lowest BCUT2D eigenvalue weighted by Crippen LogP contribution is -2.21. The average Bonchev–Trinajstić information content (AvgIpc) is 3.18. The molecule has 0 saturated carbocycles. The molecular formula is C23H29N3O3S. The first-order chi connectivity index (χ1) is 14.3. The van der Waals surface area contributed by atoms with Gasteiger partial charge in [-0.05, 0) is 68.0 Å². The zero-order valence-corrected chi connectivity index (χ0v) is 19.0. The van der Waals surface area contributed by atoms with Gasteiger partial charge < -0.3 is 14.9 Å². The summed E-state index contributed by atoms with van der Waals surface area (Å²) in [6.07, 6.45) is 1.96. The minimum Gasteiger partial charge on any atom is -0.490 e. The van der Waals surface area contributed by atoms with Crippen LogP contribution in [0.3, 0.4) is 0 Å². The molecule has 0 fully saturated rings. The van der Waals surface area contributed by atoms with Gasteiger partial charge in [0, 0.05) is 23.0 Å². The van der Waals surface area contributed by atoms with Crippen LogP contribution in [0.2, 0.25) is 0 Å². The molecule has 0 aliphatic rings. The highest BCUT2D eigenvalue weighted by Gasteiger charge is 2.15. The molecule has 3 rings (SSSR count). The first-order valence-electron chi connectivity index (χ1n) is 10.1. The van der Waals surface area contributed by atoms with Crippen molar-refractivity contribution in [3.8, 4) is 26.9 Å². The average molecular weight is 428 g/mol. The van der Waals surface area contributed by atoms with E-state index in [0.29, 0.717) is 5.92 Å². The van der Waals surface area contributed by atoms with Gasteiger partial charge in [0.1, 0.15) is 28.5 Å². The molecule has 0 aliphatic carbocycles. The van der Waals surface area contributed by atoms with E-state index < -0.39 is 6.10 Å². The predicted octanol–water partition coefficient (Wildman–Crippen LogP) is 4.12. The third-order valence-electron chi connectivity index (χ3n) is 4.80. The summed E-state index contributed by atoms with van der Waals surface area (Å²) in [6.45, 7) is 10.1. The summed E-state index contributed by atoms with van der Waals surface area (Å²) in [6, 6.07) is 6.15. The van der Waals surface area contributed by atoms with Crippen LogP contribution in [-0.4, -0.2) is 44.7 Å². The lowest BCUT2D eigenvalue weighted by Gasteiger charge is -2.15. The van der Waals surface area contributed by atoms with Gasteiger partial charge in [-0.2, -0.15) is 0 Å². The second kappa shape index (κ2) is 9.64. The van der Waals surface area contributed by atoms with Crippen molar-refractivity contribution in [3.63, 3.8) is 0 Å². The number of hydrogen-bond acceptors (Lipinski definition) is 7. The second-order valence-corrected chi connectivity index (χ2v) is 9.06. The zero-order chi connectivity index (χ0) is 21.8. The van der Waals surface area contributed by atoms with Crippen LogP contribution < -0.4 is 4.74 Å². The van der Waals surface area contributed by atoms with Crippen LogP contribution in [0.5, 0.6) is 5.75 Å². The van der Waals surface area contributed by atoms with Gasteiger partial charge in [-0.15, -0.1) is 10.2 Å². The first-order valence-corrected chi connectivity index (χ1v) is 10.9. The Morgan fingerprint density at radius 1 is 0.967 bits per heavy atom. The summed E-state index contributed by atoms with van der Waals surface area (Å²) < 4.78 is 5.69. The number of hydrogen-bond donors (Lipinski definition) is 2. The van der Waals surface area contributed by atoms with Crippen LogP contribution >= 0.6 is 11.3 Å². The number of nitrogens with zero attached hydrogens (tertiary/aromatic N) is 3. The molecule has 7 heteroatoms. The summed E-state index contributed by atoms with van der Waals surface area (Å²) in [5.41, 5.74) is 6.16. The van der Waals surface area contributed by atoms with Crippen molar-refractivity contribution >= 4 is 11.3 Å². The molecule has 3 aromatic rings. The maximum absolute atomic E-state index is 9.53. The van der Waals surface area contributed by atoms with Gasteiger partial charge in [0.05, 0.1) is 6.61 Å². The van der Waals surface area contributed by atoms with E-state index in [0.717, 1.165) is 50.1 Å². The molecule has 1 unspecified atom stereocenters. The normalized spacial score (nSPS) is 12.4. The van der Waals surface area contributed by atoms with E-state index in [2.05, 4.69) is 42.0 Å². The maximum Gasteiger partial charge on any atom is 0.149 e. The Balaban J connectivity index is 1.83. The Labute approximate surface area is 181 Å². The number of aryl methyl sites for hydroxylation is 3. The Kier molecular flexibility index (Phi) is 7.18. The molecule has 0 saturated heterocycles. The molecular weight excluding hydrogens is 398 g/mol. The molecule has 30 heavy (non-hydrogen) atoms. The monoisotopic (exact) mass is 427 g/mol. The highest BCUT2D eigenvalue weighted by atomic mass is 32.1. The molecule has 2 aromatic heterocycles. The van der Waals surface area contributed by atoms with Crippen LogP contribution in [-0.2, 0) is 6.42 Å². The number of aliphatic hydroxyl groups is 2. The molecule has 0 bridgehead atoms. The number of aliphatic hydroxyl groups excluding tert-OH is 2. The van der Waals surface area contributed by atoms with Gasteiger partial charge in [0.15, 0.2) is 0 Å². The van der Waals surface area contributed by atoms with E-state index in [9.17, 15) is 5.11 Å². The lowest BCUT2D eigenvalue weighted by atomic mass is 10.0. The fraction of sp³-hybridized carbons (Fsp3) is 0.435. The topological polar surface area (TPSA) is 88.4 Å². The van der Waals surface area contributed by atoms with E-state index >= 15 is 0 Å². The zero-order valence-electron chi connectivity index (χ0n) is 18.1. The van der Waals surface area contributed by atoms with E-state index in [-0.39, 0.29) is 13.2 Å². The van der Waals surface area contributed by atoms with Crippen molar-refractivity contribution < 1.29 is 14.9 Å². The predicted molar refractivity (Wildman–Crippen MR) is 120 cm³/mol. The number of aromatic nitrogens is 3. The Bertz CT molecular complexity index is 994. The van der Waals surface area contributed by atoms with Crippen molar-refractivity contribution in [3.05, 3.63) is 46.8 Å². The Hall–Kier alpha value is -2.35. The van der Waals surface area contributed by atoms with Gasteiger partial charge in [-0.1, -0.05) is 25.2 Å². The van der Waals surface area contributed by atoms with Gasteiger partial charge in [0.2, 0.25) is 0 Å². The minimum atomic E-state index is -0.891. The van der Waals surface area contributed by atoms with Crippen molar-refractivity contribution in [1.29, 1.82) is 0 Å². The van der Waals surface area contributed by atoms with Gasteiger partial charge >= 0.3 is 0 Å². The third-order valence-corrected chi connectivity index (χ3v) is 5.82. The molecule has 160 valence electrons. The van der Waals surface area contributed by atoms with E-state index in [1.807, 2.05) is 32.2 Å². The largest absolute Gasteiger partial charge is 0.490 e. The fourth-order valence-corrected chi connectivity index (χ4v) is 4.12.